The van der Waals surface area contributed by atoms with Crippen LogP contribution in [0.15, 0.2) is 0 Å². The molecular weight excluding hydrogens is 554 g/mol. The van der Waals surface area contributed by atoms with Crippen molar-refractivity contribution < 1.29 is 29.5 Å². The molecule has 6 aliphatic carbocycles. The third-order valence-electron chi connectivity index (χ3n) is 16.3. The number of hydrogen-bond acceptors (Lipinski definition) is 7. The van der Waals surface area contributed by atoms with Crippen LogP contribution in [0.2, 0.25) is 0 Å². The first-order chi connectivity index (χ1) is 20.6. The van der Waals surface area contributed by atoms with E-state index in [2.05, 4.69) is 39.5 Å². The minimum atomic E-state index is -1.24. The molecule has 0 amide bonds. The Balaban J connectivity index is 1.04. The van der Waals surface area contributed by atoms with Gasteiger partial charge in [-0.1, -0.05) is 34.6 Å². The summed E-state index contributed by atoms with van der Waals surface area (Å²) in [5.41, 5.74) is -0.705. The first kappa shape index (κ1) is 31.0. The number of fused-ring (bicyclic) bond motifs is 4. The van der Waals surface area contributed by atoms with Crippen LogP contribution in [0.3, 0.4) is 0 Å². The Morgan fingerprint density at radius 1 is 0.955 bits per heavy atom. The van der Waals surface area contributed by atoms with Gasteiger partial charge in [0.1, 0.15) is 6.10 Å². The van der Waals surface area contributed by atoms with Gasteiger partial charge in [0.15, 0.2) is 6.29 Å². The van der Waals surface area contributed by atoms with E-state index in [9.17, 15) is 15.3 Å². The number of hydrogen-bond donors (Lipinski definition) is 3. The van der Waals surface area contributed by atoms with Crippen LogP contribution in [0.5, 0.6) is 0 Å². The number of nitrogens with zero attached hydrogens (tertiary/aromatic N) is 1. The summed E-state index contributed by atoms with van der Waals surface area (Å²) in [5, 5.41) is 34.1. The molecule has 8 fully saturated rings. The molecule has 7 nitrogen and oxygen atoms in total. The van der Waals surface area contributed by atoms with Gasteiger partial charge < -0.3 is 29.5 Å². The normalized spacial score (nSPS) is 55.6. The van der Waals surface area contributed by atoms with Crippen LogP contribution < -0.4 is 0 Å². The summed E-state index contributed by atoms with van der Waals surface area (Å²) in [5.74, 6) is 1.72. The lowest BCUT2D eigenvalue weighted by Crippen LogP contribution is -2.60. The molecular formula is C37H61NO6. The monoisotopic (exact) mass is 615 g/mol. The summed E-state index contributed by atoms with van der Waals surface area (Å²) in [6.07, 6.45) is 9.71. The summed E-state index contributed by atoms with van der Waals surface area (Å²) >= 11 is 0. The van der Waals surface area contributed by atoms with E-state index in [0.29, 0.717) is 28.6 Å². The van der Waals surface area contributed by atoms with E-state index >= 15 is 0 Å². The fourth-order valence-corrected chi connectivity index (χ4v) is 13.9. The number of aliphatic hydroxyl groups excluding tert-OH is 2. The maximum absolute atomic E-state index is 12.4. The molecule has 7 heteroatoms. The Morgan fingerprint density at radius 2 is 1.66 bits per heavy atom. The number of ether oxygens (including phenoxy) is 3. The molecule has 2 aliphatic heterocycles. The maximum atomic E-state index is 12.4. The topological polar surface area (TPSA) is 91.6 Å². The van der Waals surface area contributed by atoms with E-state index in [1.54, 1.807) is 13.8 Å². The van der Waals surface area contributed by atoms with Crippen molar-refractivity contribution in [2.45, 2.75) is 161 Å². The highest BCUT2D eigenvalue weighted by Gasteiger charge is 2.84. The molecule has 0 aromatic carbocycles. The average Bonchev–Trinajstić information content (AvgIpc) is 3.88. The van der Waals surface area contributed by atoms with E-state index < -0.39 is 23.9 Å². The molecule has 14 atom stereocenters. The Bertz CT molecular complexity index is 1150. The lowest BCUT2D eigenvalue weighted by atomic mass is 9.41. The van der Waals surface area contributed by atoms with Crippen LogP contribution >= 0.6 is 0 Å². The molecule has 0 bridgehead atoms. The summed E-state index contributed by atoms with van der Waals surface area (Å²) < 4.78 is 19.8. The largest absolute Gasteiger partial charge is 0.390 e. The zero-order valence-corrected chi connectivity index (χ0v) is 28.6. The second-order valence-corrected chi connectivity index (χ2v) is 18.8. The molecule has 0 radical (unpaired) electrons. The Labute approximate surface area is 265 Å². The van der Waals surface area contributed by atoms with Gasteiger partial charge in [-0.05, 0) is 123 Å². The van der Waals surface area contributed by atoms with Crippen LogP contribution in [0.4, 0.5) is 0 Å². The van der Waals surface area contributed by atoms with Crippen LogP contribution in [-0.4, -0.2) is 88.4 Å². The van der Waals surface area contributed by atoms with E-state index in [1.807, 2.05) is 0 Å². The molecule has 250 valence electrons. The lowest BCUT2D eigenvalue weighted by Gasteiger charge is -2.64. The van der Waals surface area contributed by atoms with Crippen molar-refractivity contribution in [2.75, 3.05) is 19.7 Å². The summed E-state index contributed by atoms with van der Waals surface area (Å²) in [4.78, 5) is 2.59. The molecule has 3 N–H and O–H groups in total. The van der Waals surface area contributed by atoms with Crippen molar-refractivity contribution in [3.05, 3.63) is 0 Å². The van der Waals surface area contributed by atoms with E-state index in [0.717, 1.165) is 45.0 Å². The first-order valence-electron chi connectivity index (χ1n) is 18.4. The standard InChI is InChI=1S/C37H61NO6/c1-21-18-23(30(39)33(4,5)41)43-29-28(21)34(6)14-15-37-20-36(37)13-12-26(44-27-19-38(16-17-42-27)22-8-9-22)32(2,3)24(36)10-11-25(37)35(34,7)31(29)40/h21-31,39-41H,8-20H2,1-7H3/t21-,23-,24+,25+,26+,27?,28?,29+,30+,31+,34-,35-,36-,37+/m1/s1. The number of rotatable bonds is 5. The van der Waals surface area contributed by atoms with Crippen molar-refractivity contribution in [2.24, 2.45) is 50.7 Å². The fraction of sp³-hybridized carbons (Fsp3) is 1.00. The smallest absolute Gasteiger partial charge is 0.170 e. The Hall–Kier alpha value is -0.280. The molecule has 8 aliphatic rings. The van der Waals surface area contributed by atoms with Gasteiger partial charge in [-0.3, -0.25) is 4.90 Å². The van der Waals surface area contributed by atoms with Crippen LogP contribution in [-0.2, 0) is 14.2 Å². The Morgan fingerprint density at radius 3 is 2.36 bits per heavy atom. The molecule has 8 rings (SSSR count). The molecule has 2 spiro atoms. The van der Waals surface area contributed by atoms with Crippen LogP contribution in [0, 0.1) is 50.7 Å². The average molecular weight is 616 g/mol. The third-order valence-corrected chi connectivity index (χ3v) is 16.3. The molecule has 0 aromatic rings. The zero-order valence-electron chi connectivity index (χ0n) is 28.6. The predicted octanol–water partition coefficient (Wildman–Crippen LogP) is 5.14. The number of morpholine rings is 1. The highest BCUT2D eigenvalue weighted by Crippen LogP contribution is 2.89. The molecule has 0 aromatic heterocycles. The van der Waals surface area contributed by atoms with Gasteiger partial charge in [0.05, 0.1) is 36.6 Å². The lowest BCUT2D eigenvalue weighted by molar-refractivity contribution is -0.249. The van der Waals surface area contributed by atoms with Crippen molar-refractivity contribution in [3.8, 4) is 0 Å². The zero-order chi connectivity index (χ0) is 31.2. The van der Waals surface area contributed by atoms with E-state index in [-0.39, 0.29) is 40.7 Å². The summed E-state index contributed by atoms with van der Waals surface area (Å²) in [7, 11) is 0. The minimum absolute atomic E-state index is 0.00469. The highest BCUT2D eigenvalue weighted by molar-refractivity contribution is 5.33. The van der Waals surface area contributed by atoms with Crippen molar-refractivity contribution in [1.82, 2.24) is 4.90 Å². The number of aliphatic hydroxyl groups is 3. The minimum Gasteiger partial charge on any atom is -0.390 e. The van der Waals surface area contributed by atoms with Gasteiger partial charge in [-0.25, -0.2) is 0 Å². The van der Waals surface area contributed by atoms with Crippen molar-refractivity contribution in [1.29, 1.82) is 0 Å². The predicted molar refractivity (Wildman–Crippen MR) is 168 cm³/mol. The molecule has 2 unspecified atom stereocenters. The van der Waals surface area contributed by atoms with Gasteiger partial charge >= 0.3 is 0 Å². The highest BCUT2D eigenvalue weighted by atomic mass is 16.7. The SMILES string of the molecule is C[C@@H]1C[C@H]([C@H](O)C(C)(C)O)O[C@H]2C1[C@@]1(C)CC[C@@]34C[C@@]35CC[C@H](OC3CN(C6CC6)CCO3)C(C)(C)[C@@H]5CC[C@H]4[C@]1(C)[C@H]2O. The van der Waals surface area contributed by atoms with Crippen LogP contribution in [0.1, 0.15) is 113 Å². The van der Waals surface area contributed by atoms with Gasteiger partial charge in [0.25, 0.3) is 0 Å². The van der Waals surface area contributed by atoms with Gasteiger partial charge in [-0.15, -0.1) is 0 Å². The molecule has 2 saturated heterocycles. The van der Waals surface area contributed by atoms with Crippen LogP contribution in [0.25, 0.3) is 0 Å². The quantitative estimate of drug-likeness (QED) is 0.395. The second-order valence-electron chi connectivity index (χ2n) is 18.8. The Kier molecular flexibility index (Phi) is 6.81. The maximum Gasteiger partial charge on any atom is 0.170 e. The molecule has 2 heterocycles. The van der Waals surface area contributed by atoms with Gasteiger partial charge in [-0.2, -0.15) is 0 Å². The second kappa shape index (κ2) is 9.66. The van der Waals surface area contributed by atoms with Gasteiger partial charge in [0.2, 0.25) is 0 Å². The summed E-state index contributed by atoms with van der Waals surface area (Å²) in [6.45, 7) is 18.3. The third kappa shape index (κ3) is 3.93. The molecule has 44 heavy (non-hydrogen) atoms. The van der Waals surface area contributed by atoms with E-state index in [1.165, 1.54) is 44.9 Å². The van der Waals surface area contributed by atoms with Crippen molar-refractivity contribution >= 4 is 0 Å². The summed E-state index contributed by atoms with van der Waals surface area (Å²) in [6, 6.07) is 0.758. The van der Waals surface area contributed by atoms with Gasteiger partial charge in [0, 0.05) is 24.5 Å². The fourth-order valence-electron chi connectivity index (χ4n) is 13.9. The molecule has 6 saturated carbocycles. The van der Waals surface area contributed by atoms with Crippen molar-refractivity contribution in [3.63, 3.8) is 0 Å². The van der Waals surface area contributed by atoms with E-state index in [4.69, 9.17) is 14.2 Å². The first-order valence-corrected chi connectivity index (χ1v) is 18.4.